The molecular weight excluding hydrogens is 468 g/mol. The molecule has 5 rings (SSSR count). The highest BCUT2D eigenvalue weighted by Gasteiger charge is 2.28. The van der Waals surface area contributed by atoms with Crippen LogP contribution in [0.3, 0.4) is 0 Å². The fraction of sp³-hybridized carbons (Fsp3) is 0.360. The van der Waals surface area contributed by atoms with Crippen molar-refractivity contribution < 1.29 is 18.3 Å². The van der Waals surface area contributed by atoms with Gasteiger partial charge in [-0.3, -0.25) is 0 Å². The van der Waals surface area contributed by atoms with E-state index < -0.39 is 12.3 Å². The number of aromatic nitrogens is 3. The monoisotopic (exact) mass is 493 g/mol. The number of nitriles is 1. The minimum Gasteiger partial charge on any atom is -0.486 e. The lowest BCUT2D eigenvalue weighted by Crippen LogP contribution is -2.43. The van der Waals surface area contributed by atoms with Crippen molar-refractivity contribution in [1.29, 1.82) is 5.26 Å². The average molecular weight is 494 g/mol. The minimum absolute atomic E-state index is 0.0202. The summed E-state index contributed by atoms with van der Waals surface area (Å²) >= 11 is 0. The number of piperazine rings is 1. The van der Waals surface area contributed by atoms with Crippen molar-refractivity contribution in [2.75, 3.05) is 49.6 Å². The van der Waals surface area contributed by atoms with Gasteiger partial charge in [-0.25, -0.2) is 18.7 Å². The van der Waals surface area contributed by atoms with E-state index in [4.69, 9.17) is 9.47 Å². The summed E-state index contributed by atoms with van der Waals surface area (Å²) in [6.45, 7) is 3.53. The lowest BCUT2D eigenvalue weighted by molar-refractivity contribution is -0.0383. The molecule has 0 saturated carbocycles. The largest absolute Gasteiger partial charge is 0.486 e. The highest BCUT2D eigenvalue weighted by Crippen LogP contribution is 2.29. The van der Waals surface area contributed by atoms with Crippen LogP contribution < -0.4 is 20.3 Å². The maximum atomic E-state index is 14.8. The third-order valence-electron chi connectivity index (χ3n) is 6.10. The van der Waals surface area contributed by atoms with Crippen molar-refractivity contribution in [3.8, 4) is 23.2 Å². The van der Waals surface area contributed by atoms with Gasteiger partial charge < -0.3 is 25.0 Å². The van der Waals surface area contributed by atoms with Crippen LogP contribution in [0, 0.1) is 17.1 Å². The molecule has 0 radical (unpaired) electrons. The van der Waals surface area contributed by atoms with Crippen LogP contribution in [0.5, 0.6) is 5.75 Å². The first-order chi connectivity index (χ1) is 17.6. The number of ether oxygens (including phenoxy) is 2. The fourth-order valence-corrected chi connectivity index (χ4v) is 4.21. The van der Waals surface area contributed by atoms with Crippen LogP contribution in [-0.2, 0) is 4.74 Å². The minimum atomic E-state index is -1.25. The average Bonchev–Trinajstić information content (AvgIpc) is 2.91. The molecule has 3 aromatic rings. The fourth-order valence-electron chi connectivity index (χ4n) is 4.21. The zero-order valence-corrected chi connectivity index (χ0v) is 19.5. The molecule has 0 amide bonds. The van der Waals surface area contributed by atoms with E-state index in [1.165, 1.54) is 12.4 Å². The van der Waals surface area contributed by atoms with E-state index in [1.807, 2.05) is 4.90 Å². The molecule has 2 aromatic carbocycles. The Morgan fingerprint density at radius 3 is 2.81 bits per heavy atom. The van der Waals surface area contributed by atoms with E-state index in [0.29, 0.717) is 41.5 Å². The number of nitrogens with zero attached hydrogens (tertiary/aromatic N) is 5. The lowest BCUT2D eigenvalue weighted by Gasteiger charge is -2.29. The molecule has 2 aliphatic rings. The number of benzene rings is 2. The first kappa shape index (κ1) is 23.8. The molecule has 2 saturated heterocycles. The van der Waals surface area contributed by atoms with E-state index in [0.717, 1.165) is 26.2 Å². The number of hydrogen-bond donors (Lipinski definition) is 2. The molecule has 2 atom stereocenters. The van der Waals surface area contributed by atoms with E-state index in [2.05, 4.69) is 31.7 Å². The SMILES string of the molecule is N#Cc1cc(-c2ncnc(Nc3ccc(N4CCNCC4)c(F)c3)n2)ccc1OC1CCOCC1F. The zero-order valence-electron chi connectivity index (χ0n) is 19.5. The first-order valence-corrected chi connectivity index (χ1v) is 11.7. The zero-order chi connectivity index (χ0) is 24.9. The van der Waals surface area contributed by atoms with Crippen molar-refractivity contribution in [1.82, 2.24) is 20.3 Å². The summed E-state index contributed by atoms with van der Waals surface area (Å²) in [6, 6.07) is 11.9. The molecular formula is C25H25F2N7O2. The Kier molecular flexibility index (Phi) is 7.16. The number of rotatable bonds is 6. The van der Waals surface area contributed by atoms with E-state index in [9.17, 15) is 14.0 Å². The van der Waals surface area contributed by atoms with Crippen molar-refractivity contribution in [3.05, 3.63) is 54.1 Å². The van der Waals surface area contributed by atoms with Crippen LogP contribution in [0.25, 0.3) is 11.4 Å². The molecule has 2 N–H and O–H groups in total. The molecule has 2 unspecified atom stereocenters. The summed E-state index contributed by atoms with van der Waals surface area (Å²) in [4.78, 5) is 14.7. The van der Waals surface area contributed by atoms with Gasteiger partial charge in [-0.15, -0.1) is 0 Å². The second-order valence-electron chi connectivity index (χ2n) is 8.52. The second-order valence-corrected chi connectivity index (χ2v) is 8.52. The van der Waals surface area contributed by atoms with Crippen LogP contribution in [-0.4, -0.2) is 66.6 Å². The van der Waals surface area contributed by atoms with Gasteiger partial charge in [0.1, 0.15) is 30.1 Å². The smallest absolute Gasteiger partial charge is 0.230 e. The molecule has 36 heavy (non-hydrogen) atoms. The van der Waals surface area contributed by atoms with Crippen LogP contribution in [0.4, 0.5) is 26.1 Å². The predicted molar refractivity (Wildman–Crippen MR) is 129 cm³/mol. The third kappa shape index (κ3) is 5.35. The molecule has 1 aromatic heterocycles. The maximum Gasteiger partial charge on any atom is 0.230 e. The topological polar surface area (TPSA) is 108 Å². The Morgan fingerprint density at radius 1 is 1.17 bits per heavy atom. The molecule has 186 valence electrons. The molecule has 3 heterocycles. The summed E-state index contributed by atoms with van der Waals surface area (Å²) in [5.74, 6) is 0.521. The molecule has 2 aliphatic heterocycles. The van der Waals surface area contributed by atoms with Crippen molar-refractivity contribution in [2.24, 2.45) is 0 Å². The van der Waals surface area contributed by atoms with Crippen molar-refractivity contribution in [2.45, 2.75) is 18.7 Å². The van der Waals surface area contributed by atoms with Crippen molar-refractivity contribution in [3.63, 3.8) is 0 Å². The normalized spacial score (nSPS) is 20.0. The van der Waals surface area contributed by atoms with E-state index in [1.54, 1.807) is 30.3 Å². The quantitative estimate of drug-likeness (QED) is 0.535. The number of nitrogens with one attached hydrogen (secondary N) is 2. The lowest BCUT2D eigenvalue weighted by atomic mass is 10.1. The van der Waals surface area contributed by atoms with Gasteiger partial charge in [-0.1, -0.05) is 0 Å². The van der Waals surface area contributed by atoms with Gasteiger partial charge in [0.25, 0.3) is 0 Å². The molecule has 0 bridgehead atoms. The van der Waals surface area contributed by atoms with Crippen LogP contribution >= 0.6 is 0 Å². The van der Waals surface area contributed by atoms with Gasteiger partial charge in [-0.05, 0) is 36.4 Å². The van der Waals surface area contributed by atoms with Gasteiger partial charge in [-0.2, -0.15) is 10.2 Å². The van der Waals surface area contributed by atoms with Gasteiger partial charge in [0.2, 0.25) is 5.95 Å². The molecule has 0 spiro atoms. The van der Waals surface area contributed by atoms with E-state index in [-0.39, 0.29) is 23.9 Å². The van der Waals surface area contributed by atoms with Crippen LogP contribution in [0.1, 0.15) is 12.0 Å². The number of alkyl halides is 1. The summed E-state index contributed by atoms with van der Waals surface area (Å²) in [7, 11) is 0. The van der Waals surface area contributed by atoms with E-state index >= 15 is 0 Å². The Balaban J connectivity index is 1.32. The van der Waals surface area contributed by atoms with Gasteiger partial charge >= 0.3 is 0 Å². The highest BCUT2D eigenvalue weighted by molar-refractivity contribution is 5.64. The summed E-state index contributed by atoms with van der Waals surface area (Å²) in [5, 5.41) is 15.9. The predicted octanol–water partition coefficient (Wildman–Crippen LogP) is 3.21. The Labute approximate surface area is 207 Å². The molecule has 11 heteroatoms. The number of anilines is 3. The second kappa shape index (κ2) is 10.8. The Bertz CT molecular complexity index is 1260. The molecule has 0 aliphatic carbocycles. The number of hydrogen-bond acceptors (Lipinski definition) is 9. The maximum absolute atomic E-state index is 14.8. The summed E-state index contributed by atoms with van der Waals surface area (Å²) in [5.41, 5.74) is 1.87. The van der Waals surface area contributed by atoms with Gasteiger partial charge in [0, 0.05) is 43.9 Å². The Morgan fingerprint density at radius 2 is 2.03 bits per heavy atom. The standard InChI is InChI=1S/C25H25F2N7O2/c26-19-12-18(2-3-21(19)34-8-6-29-7-9-34)32-25-31-15-30-24(33-25)16-1-4-22(17(11-16)13-28)36-23-5-10-35-14-20(23)27/h1-4,11-12,15,20,23,29H,5-10,14H2,(H,30,31,32,33). The highest BCUT2D eigenvalue weighted by atomic mass is 19.1. The summed E-state index contributed by atoms with van der Waals surface area (Å²) < 4.78 is 39.7. The van der Waals surface area contributed by atoms with Gasteiger partial charge in [0.05, 0.1) is 24.5 Å². The molecule has 9 nitrogen and oxygen atoms in total. The number of halogens is 2. The van der Waals surface area contributed by atoms with Crippen LogP contribution in [0.15, 0.2) is 42.7 Å². The van der Waals surface area contributed by atoms with Crippen LogP contribution in [0.2, 0.25) is 0 Å². The Hall–Kier alpha value is -3.88. The first-order valence-electron chi connectivity index (χ1n) is 11.7. The van der Waals surface area contributed by atoms with Gasteiger partial charge in [0.15, 0.2) is 12.0 Å². The third-order valence-corrected chi connectivity index (χ3v) is 6.10. The summed E-state index contributed by atoms with van der Waals surface area (Å²) in [6.07, 6.45) is -0.170. The molecule has 2 fully saturated rings. The van der Waals surface area contributed by atoms with Crippen molar-refractivity contribution >= 4 is 17.3 Å².